The number of carbonyl (C=O) groups excluding carboxylic acids is 3. The van der Waals surface area contributed by atoms with Gasteiger partial charge in [0.1, 0.15) is 12.1 Å². The first kappa shape index (κ1) is 22.5. The maximum atomic E-state index is 13.4. The number of nitrogens with one attached hydrogen (secondary N) is 2. The molecule has 2 N–H and O–H groups in total. The van der Waals surface area contributed by atoms with E-state index in [0.717, 1.165) is 53.0 Å². The van der Waals surface area contributed by atoms with Crippen molar-refractivity contribution in [2.45, 2.75) is 58.4 Å². The normalized spacial score (nSPS) is 18.2. The average Bonchev–Trinajstić information content (AvgIpc) is 3.03. The van der Waals surface area contributed by atoms with Crippen LogP contribution in [0.15, 0.2) is 48.5 Å². The van der Waals surface area contributed by atoms with Gasteiger partial charge in [-0.2, -0.15) is 0 Å². The fourth-order valence-corrected chi connectivity index (χ4v) is 4.17. The molecule has 1 saturated heterocycles. The Bertz CT molecular complexity index is 935. The first-order valence-electron chi connectivity index (χ1n) is 11.1. The van der Waals surface area contributed by atoms with Crippen molar-refractivity contribution in [3.63, 3.8) is 0 Å². The first-order chi connectivity index (χ1) is 15.0. The number of rotatable bonds is 9. The molecule has 0 aliphatic carbocycles. The van der Waals surface area contributed by atoms with E-state index in [1.807, 2.05) is 69.3 Å². The van der Waals surface area contributed by atoms with Gasteiger partial charge in [0, 0.05) is 5.69 Å². The van der Waals surface area contributed by atoms with Gasteiger partial charge in [-0.1, -0.05) is 82.1 Å². The van der Waals surface area contributed by atoms with E-state index in [2.05, 4.69) is 10.6 Å². The quantitative estimate of drug-likeness (QED) is 0.590. The molecule has 1 atom stereocenters. The molecular formula is C25H31N3O3. The first-order valence-corrected chi connectivity index (χ1v) is 11.1. The highest BCUT2D eigenvalue weighted by Gasteiger charge is 2.52. The minimum absolute atomic E-state index is 0.313. The van der Waals surface area contributed by atoms with Crippen LogP contribution < -0.4 is 10.6 Å². The second-order valence-electron chi connectivity index (χ2n) is 7.90. The van der Waals surface area contributed by atoms with Gasteiger partial charge in [-0.3, -0.25) is 14.5 Å². The lowest BCUT2D eigenvalue weighted by molar-refractivity contribution is -0.134. The van der Waals surface area contributed by atoms with Crippen molar-refractivity contribution in [2.24, 2.45) is 0 Å². The zero-order chi connectivity index (χ0) is 22.4. The number of aryl methyl sites for hydroxylation is 2. The molecule has 0 bridgehead atoms. The molecule has 0 saturated carbocycles. The number of para-hydroxylation sites is 1. The third-order valence-electron chi connectivity index (χ3n) is 5.91. The number of hydrogen-bond acceptors (Lipinski definition) is 3. The van der Waals surface area contributed by atoms with Crippen LogP contribution in [0.4, 0.5) is 10.5 Å². The summed E-state index contributed by atoms with van der Waals surface area (Å²) >= 11 is 0. The van der Waals surface area contributed by atoms with Crippen molar-refractivity contribution in [1.82, 2.24) is 10.2 Å². The van der Waals surface area contributed by atoms with Gasteiger partial charge in [-0.15, -0.1) is 0 Å². The number of urea groups is 1. The minimum atomic E-state index is -1.12. The summed E-state index contributed by atoms with van der Waals surface area (Å²) in [5.41, 5.74) is 2.47. The van der Waals surface area contributed by atoms with E-state index in [0.29, 0.717) is 6.42 Å². The van der Waals surface area contributed by atoms with Gasteiger partial charge in [-0.25, -0.2) is 4.79 Å². The van der Waals surface area contributed by atoms with Crippen LogP contribution in [0, 0.1) is 0 Å². The van der Waals surface area contributed by atoms with Crippen molar-refractivity contribution in [1.29, 1.82) is 0 Å². The van der Waals surface area contributed by atoms with Gasteiger partial charge in [0.25, 0.3) is 5.91 Å². The van der Waals surface area contributed by atoms with Crippen LogP contribution in [0.25, 0.3) is 0 Å². The fraction of sp³-hybridized carbons (Fsp3) is 0.400. The SMILES string of the molecule is CCCCC1(c2ccccc2)NC(=O)N(CC(=O)Nc2c(CC)cccc2CC)C1=O. The van der Waals surface area contributed by atoms with E-state index in [9.17, 15) is 14.4 Å². The van der Waals surface area contributed by atoms with Crippen molar-refractivity contribution < 1.29 is 14.4 Å². The molecule has 6 nitrogen and oxygen atoms in total. The van der Waals surface area contributed by atoms with E-state index < -0.39 is 11.6 Å². The predicted octanol–water partition coefficient (Wildman–Crippen LogP) is 4.39. The second kappa shape index (κ2) is 9.77. The lowest BCUT2D eigenvalue weighted by Crippen LogP contribution is -2.44. The summed E-state index contributed by atoms with van der Waals surface area (Å²) in [5, 5.41) is 5.84. The number of nitrogens with zero attached hydrogens (tertiary/aromatic N) is 1. The zero-order valence-corrected chi connectivity index (χ0v) is 18.5. The molecule has 1 fully saturated rings. The van der Waals surface area contributed by atoms with Gasteiger partial charge in [0.05, 0.1) is 0 Å². The molecule has 2 aromatic rings. The molecule has 1 heterocycles. The summed E-state index contributed by atoms with van der Waals surface area (Å²) in [4.78, 5) is 40.1. The number of benzene rings is 2. The maximum Gasteiger partial charge on any atom is 0.325 e. The molecule has 0 radical (unpaired) electrons. The summed E-state index contributed by atoms with van der Waals surface area (Å²) < 4.78 is 0. The minimum Gasteiger partial charge on any atom is -0.324 e. The van der Waals surface area contributed by atoms with Crippen LogP contribution in [-0.2, 0) is 28.0 Å². The van der Waals surface area contributed by atoms with Gasteiger partial charge in [0.15, 0.2) is 0 Å². The molecule has 2 aromatic carbocycles. The molecule has 31 heavy (non-hydrogen) atoms. The van der Waals surface area contributed by atoms with Gasteiger partial charge < -0.3 is 10.6 Å². The molecule has 0 aromatic heterocycles. The summed E-state index contributed by atoms with van der Waals surface area (Å²) in [7, 11) is 0. The molecular weight excluding hydrogens is 390 g/mol. The molecule has 6 heteroatoms. The van der Waals surface area contributed by atoms with Gasteiger partial charge in [-0.05, 0) is 36.0 Å². The van der Waals surface area contributed by atoms with Gasteiger partial charge >= 0.3 is 6.03 Å². The molecule has 0 spiro atoms. The Hall–Kier alpha value is -3.15. The Morgan fingerprint density at radius 2 is 1.61 bits per heavy atom. The van der Waals surface area contributed by atoms with Crippen LogP contribution >= 0.6 is 0 Å². The van der Waals surface area contributed by atoms with Crippen LogP contribution in [-0.4, -0.2) is 29.3 Å². The Kier molecular flexibility index (Phi) is 7.10. The number of unbranched alkanes of at least 4 members (excludes halogenated alkanes) is 1. The number of amides is 4. The number of carbonyl (C=O) groups is 3. The summed E-state index contributed by atoms with van der Waals surface area (Å²) in [6, 6.07) is 14.7. The van der Waals surface area contributed by atoms with Crippen LogP contribution in [0.2, 0.25) is 0 Å². The Labute approximate surface area is 184 Å². The largest absolute Gasteiger partial charge is 0.325 e. The van der Waals surface area contributed by atoms with E-state index in [4.69, 9.17) is 0 Å². The number of hydrogen-bond donors (Lipinski definition) is 2. The monoisotopic (exact) mass is 421 g/mol. The lowest BCUT2D eigenvalue weighted by atomic mass is 9.85. The van der Waals surface area contributed by atoms with E-state index >= 15 is 0 Å². The van der Waals surface area contributed by atoms with Crippen LogP contribution in [0.3, 0.4) is 0 Å². The zero-order valence-electron chi connectivity index (χ0n) is 18.5. The molecule has 1 aliphatic rings. The van der Waals surface area contributed by atoms with E-state index in [-0.39, 0.29) is 18.4 Å². The molecule has 164 valence electrons. The third-order valence-corrected chi connectivity index (χ3v) is 5.91. The molecule has 1 unspecified atom stereocenters. The fourth-order valence-electron chi connectivity index (χ4n) is 4.17. The van der Waals surface area contributed by atoms with Crippen LogP contribution in [0.1, 0.15) is 56.7 Å². The van der Waals surface area contributed by atoms with Crippen molar-refractivity contribution in [2.75, 3.05) is 11.9 Å². The van der Waals surface area contributed by atoms with Crippen LogP contribution in [0.5, 0.6) is 0 Å². The van der Waals surface area contributed by atoms with Gasteiger partial charge in [0.2, 0.25) is 5.91 Å². The standard InChI is InChI=1S/C25H31N3O3/c1-4-7-16-25(20-14-9-8-10-15-20)23(30)28(24(31)27-25)17-21(29)26-22-18(5-2)12-11-13-19(22)6-3/h8-15H,4-7,16-17H2,1-3H3,(H,26,29)(H,27,31). The lowest BCUT2D eigenvalue weighted by Gasteiger charge is -2.27. The Morgan fingerprint density at radius 1 is 0.968 bits per heavy atom. The molecule has 4 amide bonds. The topological polar surface area (TPSA) is 78.5 Å². The van der Waals surface area contributed by atoms with Crippen molar-refractivity contribution in [3.8, 4) is 0 Å². The highest BCUT2D eigenvalue weighted by atomic mass is 16.2. The Balaban J connectivity index is 1.83. The summed E-state index contributed by atoms with van der Waals surface area (Å²) in [6.45, 7) is 5.79. The predicted molar refractivity (Wildman–Crippen MR) is 122 cm³/mol. The smallest absolute Gasteiger partial charge is 0.324 e. The maximum absolute atomic E-state index is 13.4. The van der Waals surface area contributed by atoms with Crippen molar-refractivity contribution >= 4 is 23.5 Å². The molecule has 1 aliphatic heterocycles. The summed E-state index contributed by atoms with van der Waals surface area (Å²) in [6.07, 6.45) is 3.73. The number of imide groups is 1. The third kappa shape index (κ3) is 4.48. The average molecular weight is 422 g/mol. The van der Waals surface area contributed by atoms with Crippen molar-refractivity contribution in [3.05, 3.63) is 65.2 Å². The van der Waals surface area contributed by atoms with E-state index in [1.165, 1.54) is 0 Å². The highest BCUT2D eigenvalue weighted by Crippen LogP contribution is 2.34. The number of anilines is 1. The summed E-state index contributed by atoms with van der Waals surface area (Å²) in [5.74, 6) is -0.745. The Morgan fingerprint density at radius 3 is 2.19 bits per heavy atom. The van der Waals surface area contributed by atoms with E-state index in [1.54, 1.807) is 0 Å². The second-order valence-corrected chi connectivity index (χ2v) is 7.90. The molecule has 3 rings (SSSR count). The highest BCUT2D eigenvalue weighted by molar-refractivity contribution is 6.10.